The Morgan fingerprint density at radius 2 is 2.11 bits per heavy atom. The van der Waals surface area contributed by atoms with Gasteiger partial charge in [0.1, 0.15) is 11.0 Å². The zero-order valence-electron chi connectivity index (χ0n) is 10.5. The standard InChI is InChI=1S/C14H13Cl2N3/c1-2-12-18-13-9-4-3-8(15)7-11(9)17-6-5-10(13)14(16)19-12/h3-4,7,17H,2,5-6H2,1H3. The van der Waals surface area contributed by atoms with Crippen LogP contribution in [0.5, 0.6) is 0 Å². The van der Waals surface area contributed by atoms with Gasteiger partial charge in [-0.1, -0.05) is 30.1 Å². The third kappa shape index (κ3) is 2.28. The van der Waals surface area contributed by atoms with Crippen molar-refractivity contribution in [2.45, 2.75) is 19.8 Å². The molecule has 19 heavy (non-hydrogen) atoms. The Balaban J connectivity index is 2.27. The van der Waals surface area contributed by atoms with Gasteiger partial charge in [-0.2, -0.15) is 0 Å². The van der Waals surface area contributed by atoms with Crippen LogP contribution in [0.15, 0.2) is 18.2 Å². The number of halogens is 2. The maximum absolute atomic E-state index is 6.29. The van der Waals surface area contributed by atoms with Gasteiger partial charge in [0.2, 0.25) is 0 Å². The summed E-state index contributed by atoms with van der Waals surface area (Å²) in [7, 11) is 0. The molecule has 0 spiro atoms. The van der Waals surface area contributed by atoms with E-state index in [2.05, 4.69) is 15.3 Å². The summed E-state index contributed by atoms with van der Waals surface area (Å²) in [6, 6.07) is 5.78. The zero-order chi connectivity index (χ0) is 13.4. The van der Waals surface area contributed by atoms with Crippen molar-refractivity contribution in [2.24, 2.45) is 0 Å². The largest absolute Gasteiger partial charge is 0.384 e. The molecule has 3 nitrogen and oxygen atoms in total. The summed E-state index contributed by atoms with van der Waals surface area (Å²) < 4.78 is 0. The number of fused-ring (bicyclic) bond motifs is 3. The molecule has 0 saturated heterocycles. The van der Waals surface area contributed by atoms with Crippen LogP contribution >= 0.6 is 23.2 Å². The Morgan fingerprint density at radius 3 is 2.89 bits per heavy atom. The van der Waals surface area contributed by atoms with Crippen molar-refractivity contribution in [2.75, 3.05) is 11.9 Å². The van der Waals surface area contributed by atoms with E-state index in [1.54, 1.807) is 0 Å². The lowest BCUT2D eigenvalue weighted by Gasteiger charge is -2.10. The SMILES string of the molecule is CCc1nc(Cl)c2c(n1)-c1ccc(Cl)cc1NCC2. The highest BCUT2D eigenvalue weighted by Crippen LogP contribution is 2.36. The summed E-state index contributed by atoms with van der Waals surface area (Å²) in [5.41, 5.74) is 3.97. The van der Waals surface area contributed by atoms with Crippen LogP contribution in [0.1, 0.15) is 18.3 Å². The van der Waals surface area contributed by atoms with Gasteiger partial charge in [0.05, 0.1) is 5.69 Å². The minimum atomic E-state index is 0.562. The van der Waals surface area contributed by atoms with Crippen molar-refractivity contribution in [1.29, 1.82) is 0 Å². The predicted octanol–water partition coefficient (Wildman–Crippen LogP) is 3.98. The molecule has 1 aliphatic rings. The molecule has 5 heteroatoms. The van der Waals surface area contributed by atoms with Gasteiger partial charge in [0, 0.05) is 34.8 Å². The Morgan fingerprint density at radius 1 is 1.26 bits per heavy atom. The van der Waals surface area contributed by atoms with Crippen LogP contribution in [-0.2, 0) is 12.8 Å². The monoisotopic (exact) mass is 293 g/mol. The van der Waals surface area contributed by atoms with Crippen molar-refractivity contribution in [3.8, 4) is 11.3 Å². The first-order valence-corrected chi connectivity index (χ1v) is 7.03. The van der Waals surface area contributed by atoms with Crippen LogP contribution in [0.4, 0.5) is 5.69 Å². The first kappa shape index (κ1) is 12.7. The fourth-order valence-electron chi connectivity index (χ4n) is 2.29. The molecule has 0 unspecified atom stereocenters. The second kappa shape index (κ2) is 4.99. The van der Waals surface area contributed by atoms with Gasteiger partial charge in [0.15, 0.2) is 0 Å². The summed E-state index contributed by atoms with van der Waals surface area (Å²) in [4.78, 5) is 8.98. The Labute approximate surface area is 122 Å². The van der Waals surface area contributed by atoms with Crippen LogP contribution in [0.2, 0.25) is 10.2 Å². The number of benzene rings is 1. The summed E-state index contributed by atoms with van der Waals surface area (Å²) in [6.07, 6.45) is 1.58. The minimum absolute atomic E-state index is 0.562. The molecule has 3 rings (SSSR count). The number of nitrogens with one attached hydrogen (secondary N) is 1. The molecule has 1 N–H and O–H groups in total. The summed E-state index contributed by atoms with van der Waals surface area (Å²) in [5, 5.41) is 4.64. The molecule has 0 radical (unpaired) electrons. The number of aryl methyl sites for hydroxylation is 1. The molecule has 98 valence electrons. The van der Waals surface area contributed by atoms with Crippen LogP contribution in [0, 0.1) is 0 Å². The van der Waals surface area contributed by atoms with E-state index in [0.717, 1.165) is 47.7 Å². The number of hydrogen-bond donors (Lipinski definition) is 1. The molecule has 0 aliphatic carbocycles. The molecule has 2 heterocycles. The molecule has 2 aromatic rings. The summed E-state index contributed by atoms with van der Waals surface area (Å²) >= 11 is 12.3. The van der Waals surface area contributed by atoms with Gasteiger partial charge in [-0.15, -0.1) is 0 Å². The van der Waals surface area contributed by atoms with Crippen LogP contribution in [-0.4, -0.2) is 16.5 Å². The Kier molecular flexibility index (Phi) is 3.33. The van der Waals surface area contributed by atoms with E-state index >= 15 is 0 Å². The lowest BCUT2D eigenvalue weighted by molar-refractivity contribution is 0.914. The first-order valence-electron chi connectivity index (χ1n) is 6.28. The van der Waals surface area contributed by atoms with Crippen molar-refractivity contribution in [1.82, 2.24) is 9.97 Å². The molecule has 1 aromatic heterocycles. The maximum atomic E-state index is 6.29. The fraction of sp³-hybridized carbons (Fsp3) is 0.286. The van der Waals surface area contributed by atoms with Crippen molar-refractivity contribution in [3.05, 3.63) is 39.8 Å². The molecular weight excluding hydrogens is 281 g/mol. The molecule has 0 saturated carbocycles. The molecule has 1 aromatic carbocycles. The van der Waals surface area contributed by atoms with Gasteiger partial charge >= 0.3 is 0 Å². The minimum Gasteiger partial charge on any atom is -0.384 e. The van der Waals surface area contributed by atoms with Gasteiger partial charge < -0.3 is 5.32 Å². The van der Waals surface area contributed by atoms with E-state index in [4.69, 9.17) is 23.2 Å². The lowest BCUT2D eigenvalue weighted by Crippen LogP contribution is -2.04. The highest BCUT2D eigenvalue weighted by atomic mass is 35.5. The number of hydrogen-bond acceptors (Lipinski definition) is 3. The number of nitrogens with zero attached hydrogens (tertiary/aromatic N) is 2. The fourth-order valence-corrected chi connectivity index (χ4v) is 2.75. The quantitative estimate of drug-likeness (QED) is 0.808. The highest BCUT2D eigenvalue weighted by molar-refractivity contribution is 6.31. The molecule has 1 aliphatic heterocycles. The molecule has 0 fully saturated rings. The maximum Gasteiger partial charge on any atom is 0.136 e. The van der Waals surface area contributed by atoms with Crippen molar-refractivity contribution >= 4 is 28.9 Å². The van der Waals surface area contributed by atoms with Crippen molar-refractivity contribution < 1.29 is 0 Å². The number of anilines is 1. The average molecular weight is 294 g/mol. The second-order valence-electron chi connectivity index (χ2n) is 4.48. The molecule has 0 amide bonds. The van der Waals surface area contributed by atoms with E-state index in [1.165, 1.54) is 0 Å². The second-order valence-corrected chi connectivity index (χ2v) is 5.27. The zero-order valence-corrected chi connectivity index (χ0v) is 12.0. The lowest BCUT2D eigenvalue weighted by atomic mass is 10.0. The number of rotatable bonds is 1. The van der Waals surface area contributed by atoms with E-state index in [9.17, 15) is 0 Å². The molecular formula is C14H13Cl2N3. The summed E-state index contributed by atoms with van der Waals surface area (Å²) in [5.74, 6) is 0.770. The number of aromatic nitrogens is 2. The van der Waals surface area contributed by atoms with Crippen molar-refractivity contribution in [3.63, 3.8) is 0 Å². The van der Waals surface area contributed by atoms with Crippen LogP contribution in [0.3, 0.4) is 0 Å². The van der Waals surface area contributed by atoms with E-state index in [-0.39, 0.29) is 0 Å². The van der Waals surface area contributed by atoms with Gasteiger partial charge in [-0.05, 0) is 24.6 Å². The third-order valence-electron chi connectivity index (χ3n) is 3.25. The predicted molar refractivity (Wildman–Crippen MR) is 79.1 cm³/mol. The smallest absolute Gasteiger partial charge is 0.136 e. The van der Waals surface area contributed by atoms with E-state index in [0.29, 0.717) is 10.2 Å². The average Bonchev–Trinajstić information content (AvgIpc) is 2.57. The van der Waals surface area contributed by atoms with Gasteiger partial charge in [-0.3, -0.25) is 0 Å². The summed E-state index contributed by atoms with van der Waals surface area (Å²) in [6.45, 7) is 2.82. The molecule has 0 atom stereocenters. The first-order chi connectivity index (χ1) is 9.19. The van der Waals surface area contributed by atoms with Crippen LogP contribution in [0.25, 0.3) is 11.3 Å². The van der Waals surface area contributed by atoms with E-state index < -0.39 is 0 Å². The van der Waals surface area contributed by atoms with Gasteiger partial charge in [0.25, 0.3) is 0 Å². The Hall–Kier alpha value is -1.32. The Bertz CT molecular complexity index is 641. The van der Waals surface area contributed by atoms with Crippen LogP contribution < -0.4 is 5.32 Å². The van der Waals surface area contributed by atoms with E-state index in [1.807, 2.05) is 25.1 Å². The normalized spacial score (nSPS) is 13.2. The van der Waals surface area contributed by atoms with Gasteiger partial charge in [-0.25, -0.2) is 9.97 Å². The highest BCUT2D eigenvalue weighted by Gasteiger charge is 2.19. The topological polar surface area (TPSA) is 37.8 Å². The third-order valence-corrected chi connectivity index (χ3v) is 3.79. The molecule has 0 bridgehead atoms.